The Hall–Kier alpha value is -1.70. The van der Waals surface area contributed by atoms with Gasteiger partial charge in [-0.3, -0.25) is 0 Å². The molecule has 2 heteroatoms. The molecule has 0 nitrogen and oxygen atoms in total. The molecule has 26 heavy (non-hydrogen) atoms. The molecule has 0 amide bonds. The molecule has 0 aliphatic carbocycles. The lowest BCUT2D eigenvalue weighted by atomic mass is 9.87. The molecule has 1 unspecified atom stereocenters. The number of benzene rings is 2. The molecule has 2 aromatic carbocycles. The second kappa shape index (κ2) is 8.79. The van der Waals surface area contributed by atoms with Crippen molar-refractivity contribution in [1.29, 1.82) is 0 Å². The molecule has 0 spiro atoms. The van der Waals surface area contributed by atoms with E-state index in [0.717, 1.165) is 35.1 Å². The van der Waals surface area contributed by atoms with Gasteiger partial charge in [0.25, 0.3) is 0 Å². The molecule has 0 heterocycles. The predicted molar refractivity (Wildman–Crippen MR) is 107 cm³/mol. The SMILES string of the molecule is CC(C)c1ccc([C@H](C)CCC(C)c2cccc(C(C)C)c2F)cc1F. The Kier molecular flexibility index (Phi) is 6.97. The summed E-state index contributed by atoms with van der Waals surface area (Å²) in [4.78, 5) is 0. The Morgan fingerprint density at radius 1 is 0.692 bits per heavy atom. The van der Waals surface area contributed by atoms with Crippen molar-refractivity contribution in [2.24, 2.45) is 0 Å². The van der Waals surface area contributed by atoms with Crippen molar-refractivity contribution in [2.75, 3.05) is 0 Å². The summed E-state index contributed by atoms with van der Waals surface area (Å²) in [7, 11) is 0. The van der Waals surface area contributed by atoms with E-state index in [1.807, 2.05) is 58.0 Å². The minimum absolute atomic E-state index is 0.0602. The van der Waals surface area contributed by atoms with E-state index >= 15 is 0 Å². The van der Waals surface area contributed by atoms with Gasteiger partial charge in [-0.2, -0.15) is 0 Å². The van der Waals surface area contributed by atoms with Crippen LogP contribution in [0.3, 0.4) is 0 Å². The molecule has 0 N–H and O–H groups in total. The minimum atomic E-state index is -0.118. The van der Waals surface area contributed by atoms with Gasteiger partial charge in [-0.15, -0.1) is 0 Å². The smallest absolute Gasteiger partial charge is 0.130 e. The molecule has 2 aromatic rings. The van der Waals surface area contributed by atoms with E-state index in [2.05, 4.69) is 13.8 Å². The van der Waals surface area contributed by atoms with Gasteiger partial charge in [0, 0.05) is 0 Å². The molecule has 2 atom stereocenters. The van der Waals surface area contributed by atoms with Gasteiger partial charge in [0.15, 0.2) is 0 Å². The average Bonchev–Trinajstić information content (AvgIpc) is 2.58. The molecule has 0 aliphatic heterocycles. The van der Waals surface area contributed by atoms with E-state index in [1.54, 1.807) is 6.07 Å². The Morgan fingerprint density at radius 3 is 1.85 bits per heavy atom. The molecule has 0 saturated heterocycles. The van der Waals surface area contributed by atoms with Gasteiger partial charge >= 0.3 is 0 Å². The highest BCUT2D eigenvalue weighted by atomic mass is 19.1. The molecule has 0 saturated carbocycles. The van der Waals surface area contributed by atoms with Crippen LogP contribution in [0.25, 0.3) is 0 Å². The van der Waals surface area contributed by atoms with Crippen molar-refractivity contribution in [1.82, 2.24) is 0 Å². The van der Waals surface area contributed by atoms with Crippen LogP contribution in [-0.4, -0.2) is 0 Å². The van der Waals surface area contributed by atoms with Crippen LogP contribution in [-0.2, 0) is 0 Å². The molecular formula is C24H32F2. The van der Waals surface area contributed by atoms with Crippen LogP contribution in [0.2, 0.25) is 0 Å². The van der Waals surface area contributed by atoms with Crippen LogP contribution in [0.5, 0.6) is 0 Å². The van der Waals surface area contributed by atoms with Gasteiger partial charge in [0.05, 0.1) is 0 Å². The molecule has 0 aromatic heterocycles. The number of hydrogen-bond donors (Lipinski definition) is 0. The highest BCUT2D eigenvalue weighted by Gasteiger charge is 2.17. The first-order valence-corrected chi connectivity index (χ1v) is 9.80. The molecule has 0 aliphatic rings. The number of rotatable bonds is 7. The summed E-state index contributed by atoms with van der Waals surface area (Å²) >= 11 is 0. The van der Waals surface area contributed by atoms with Crippen molar-refractivity contribution in [3.05, 3.63) is 70.3 Å². The summed E-state index contributed by atoms with van der Waals surface area (Å²) in [5, 5.41) is 0. The maximum absolute atomic E-state index is 14.7. The van der Waals surface area contributed by atoms with Gasteiger partial charge in [0.2, 0.25) is 0 Å². The van der Waals surface area contributed by atoms with Gasteiger partial charge in [0.1, 0.15) is 11.6 Å². The minimum Gasteiger partial charge on any atom is -0.207 e. The highest BCUT2D eigenvalue weighted by Crippen LogP contribution is 2.32. The van der Waals surface area contributed by atoms with E-state index in [0.29, 0.717) is 0 Å². The second-order valence-corrected chi connectivity index (χ2v) is 8.22. The normalized spacial score (nSPS) is 14.1. The van der Waals surface area contributed by atoms with E-state index < -0.39 is 0 Å². The zero-order chi connectivity index (χ0) is 19.4. The largest absolute Gasteiger partial charge is 0.207 e. The first-order chi connectivity index (χ1) is 12.2. The molecule has 0 bridgehead atoms. The standard InChI is InChI=1S/C24H32F2/c1-15(2)20-13-12-19(14-23(20)25)17(5)10-11-18(6)22-9-7-8-21(16(3)4)24(22)26/h7-9,12-18H,10-11H2,1-6H3/t17-,18?/m1/s1. The Labute approximate surface area is 157 Å². The lowest BCUT2D eigenvalue weighted by Crippen LogP contribution is -2.05. The quantitative estimate of drug-likeness (QED) is 0.472. The van der Waals surface area contributed by atoms with Gasteiger partial charge in [-0.25, -0.2) is 8.78 Å². The fraction of sp³-hybridized carbons (Fsp3) is 0.500. The monoisotopic (exact) mass is 358 g/mol. The third-order valence-corrected chi connectivity index (χ3v) is 5.46. The average molecular weight is 359 g/mol. The fourth-order valence-electron chi connectivity index (χ4n) is 3.54. The van der Waals surface area contributed by atoms with Crippen molar-refractivity contribution < 1.29 is 8.78 Å². The summed E-state index contributed by atoms with van der Waals surface area (Å²) in [5.74, 6) is 0.600. The van der Waals surface area contributed by atoms with Crippen LogP contribution in [0.15, 0.2) is 36.4 Å². The van der Waals surface area contributed by atoms with Gasteiger partial charge in [-0.05, 0) is 64.8 Å². The third-order valence-electron chi connectivity index (χ3n) is 5.46. The van der Waals surface area contributed by atoms with E-state index in [1.165, 1.54) is 0 Å². The molecule has 0 fully saturated rings. The molecule has 2 rings (SSSR count). The Bertz CT molecular complexity index is 731. The molecular weight excluding hydrogens is 326 g/mol. The second-order valence-electron chi connectivity index (χ2n) is 8.22. The summed E-state index contributed by atoms with van der Waals surface area (Å²) in [6, 6.07) is 11.3. The summed E-state index contributed by atoms with van der Waals surface area (Å²) in [5.41, 5.74) is 3.37. The molecule has 0 radical (unpaired) electrons. The highest BCUT2D eigenvalue weighted by molar-refractivity contribution is 5.31. The van der Waals surface area contributed by atoms with E-state index in [4.69, 9.17) is 0 Å². The van der Waals surface area contributed by atoms with Crippen LogP contribution in [0.4, 0.5) is 8.78 Å². The van der Waals surface area contributed by atoms with Crippen molar-refractivity contribution in [3.8, 4) is 0 Å². The van der Waals surface area contributed by atoms with Crippen LogP contribution in [0.1, 0.15) is 100 Å². The first-order valence-electron chi connectivity index (χ1n) is 9.80. The summed E-state index contributed by atoms with van der Waals surface area (Å²) in [6.45, 7) is 12.2. The van der Waals surface area contributed by atoms with Gasteiger partial charge < -0.3 is 0 Å². The van der Waals surface area contributed by atoms with Crippen molar-refractivity contribution >= 4 is 0 Å². The number of halogens is 2. The third kappa shape index (κ3) is 4.72. The van der Waals surface area contributed by atoms with E-state index in [9.17, 15) is 8.78 Å². The Morgan fingerprint density at radius 2 is 1.27 bits per heavy atom. The first kappa shape index (κ1) is 20.6. The van der Waals surface area contributed by atoms with Gasteiger partial charge in [-0.1, -0.05) is 71.9 Å². The van der Waals surface area contributed by atoms with Crippen LogP contribution >= 0.6 is 0 Å². The maximum atomic E-state index is 14.7. The lowest BCUT2D eigenvalue weighted by Gasteiger charge is -2.19. The predicted octanol–water partition coefficient (Wildman–Crippen LogP) is 7.90. The molecule has 142 valence electrons. The van der Waals surface area contributed by atoms with Crippen LogP contribution < -0.4 is 0 Å². The zero-order valence-electron chi connectivity index (χ0n) is 16.9. The summed E-state index contributed by atoms with van der Waals surface area (Å²) < 4.78 is 29.0. The lowest BCUT2D eigenvalue weighted by molar-refractivity contribution is 0.526. The summed E-state index contributed by atoms with van der Waals surface area (Å²) in [6.07, 6.45) is 1.79. The maximum Gasteiger partial charge on any atom is 0.130 e. The van der Waals surface area contributed by atoms with E-state index in [-0.39, 0.29) is 35.3 Å². The van der Waals surface area contributed by atoms with Crippen LogP contribution in [0, 0.1) is 11.6 Å². The topological polar surface area (TPSA) is 0 Å². The zero-order valence-corrected chi connectivity index (χ0v) is 16.9. The number of hydrogen-bond acceptors (Lipinski definition) is 0. The van der Waals surface area contributed by atoms with Crippen molar-refractivity contribution in [2.45, 2.75) is 78.1 Å². The Balaban J connectivity index is 2.06. The van der Waals surface area contributed by atoms with Crippen molar-refractivity contribution in [3.63, 3.8) is 0 Å². The fourth-order valence-corrected chi connectivity index (χ4v) is 3.54.